The van der Waals surface area contributed by atoms with Crippen molar-refractivity contribution < 1.29 is 22.7 Å². The van der Waals surface area contributed by atoms with Gasteiger partial charge >= 0.3 is 0 Å². The van der Waals surface area contributed by atoms with E-state index >= 15 is 0 Å². The monoisotopic (exact) mass is 438 g/mol. The summed E-state index contributed by atoms with van der Waals surface area (Å²) in [5, 5.41) is 2.89. The first-order chi connectivity index (χ1) is 13.8. The number of ether oxygens (including phenoxy) is 2. The summed E-state index contributed by atoms with van der Waals surface area (Å²) in [6.07, 6.45) is -0.798. The zero-order valence-electron chi connectivity index (χ0n) is 16.2. The van der Waals surface area contributed by atoms with Gasteiger partial charge in [-0.2, -0.15) is 4.31 Å². The number of nitrogens with zero attached hydrogens (tertiary/aromatic N) is 1. The molecule has 1 unspecified atom stereocenters. The van der Waals surface area contributed by atoms with Crippen LogP contribution in [-0.4, -0.2) is 51.0 Å². The maximum Gasteiger partial charge on any atom is 0.265 e. The van der Waals surface area contributed by atoms with Crippen LogP contribution >= 0.6 is 11.6 Å². The quantitative estimate of drug-likeness (QED) is 0.749. The average Bonchev–Trinajstić information content (AvgIpc) is 2.71. The minimum absolute atomic E-state index is 0.0613. The fourth-order valence-electron chi connectivity index (χ4n) is 2.81. The van der Waals surface area contributed by atoms with Gasteiger partial charge in [-0.1, -0.05) is 29.3 Å². The van der Waals surface area contributed by atoms with Crippen molar-refractivity contribution >= 4 is 33.2 Å². The highest BCUT2D eigenvalue weighted by Crippen LogP contribution is 2.27. The molecule has 2 aromatic carbocycles. The second kappa shape index (κ2) is 9.13. The molecule has 1 fully saturated rings. The van der Waals surface area contributed by atoms with Gasteiger partial charge in [-0.3, -0.25) is 4.79 Å². The van der Waals surface area contributed by atoms with Crippen LogP contribution in [0.5, 0.6) is 5.75 Å². The van der Waals surface area contributed by atoms with Crippen LogP contribution in [0.1, 0.15) is 12.5 Å². The van der Waals surface area contributed by atoms with E-state index in [1.54, 1.807) is 19.1 Å². The highest BCUT2D eigenvalue weighted by molar-refractivity contribution is 7.89. The Bertz CT molecular complexity index is 973. The molecule has 0 aromatic heterocycles. The first-order valence-corrected chi connectivity index (χ1v) is 11.0. The highest BCUT2D eigenvalue weighted by Gasteiger charge is 2.27. The van der Waals surface area contributed by atoms with Gasteiger partial charge in [0.2, 0.25) is 10.0 Å². The first kappa shape index (κ1) is 21.6. The zero-order chi connectivity index (χ0) is 21.0. The molecular formula is C20H23ClN2O5S. The van der Waals surface area contributed by atoms with Gasteiger partial charge in [0.15, 0.2) is 6.10 Å². The molecule has 1 saturated heterocycles. The van der Waals surface area contributed by atoms with Gasteiger partial charge < -0.3 is 14.8 Å². The average molecular weight is 439 g/mol. The van der Waals surface area contributed by atoms with Crippen LogP contribution in [0.4, 0.5) is 5.69 Å². The molecule has 0 aliphatic carbocycles. The molecule has 7 nitrogen and oxygen atoms in total. The Labute approximate surface area is 175 Å². The largest absolute Gasteiger partial charge is 0.481 e. The third-order valence-corrected chi connectivity index (χ3v) is 6.73. The lowest BCUT2D eigenvalue weighted by Gasteiger charge is -2.26. The molecule has 1 aliphatic heterocycles. The van der Waals surface area contributed by atoms with Gasteiger partial charge in [-0.15, -0.1) is 0 Å². The Morgan fingerprint density at radius 2 is 1.83 bits per heavy atom. The third-order valence-electron chi connectivity index (χ3n) is 4.51. The minimum Gasteiger partial charge on any atom is -0.481 e. The Morgan fingerprint density at radius 1 is 1.17 bits per heavy atom. The Balaban J connectivity index is 1.73. The summed E-state index contributed by atoms with van der Waals surface area (Å²) in [4.78, 5) is 12.6. The van der Waals surface area contributed by atoms with Crippen molar-refractivity contribution in [3.05, 3.63) is 53.1 Å². The van der Waals surface area contributed by atoms with Gasteiger partial charge in [-0.25, -0.2) is 8.42 Å². The number of amides is 1. The van der Waals surface area contributed by atoms with Crippen molar-refractivity contribution in [2.45, 2.75) is 24.8 Å². The SMILES string of the molecule is Cc1ccc(OC(C)C(=O)Nc2cc(S(=O)(=O)N3CCOCC3)ccc2Cl)cc1. The van der Waals surface area contributed by atoms with Crippen molar-refractivity contribution in [1.82, 2.24) is 4.31 Å². The summed E-state index contributed by atoms with van der Waals surface area (Å²) < 4.78 is 37.9. The van der Waals surface area contributed by atoms with Crippen molar-refractivity contribution in [2.24, 2.45) is 0 Å². The lowest BCUT2D eigenvalue weighted by molar-refractivity contribution is -0.122. The smallest absolute Gasteiger partial charge is 0.265 e. The van der Waals surface area contributed by atoms with Crippen molar-refractivity contribution in [3.63, 3.8) is 0 Å². The molecular weight excluding hydrogens is 416 g/mol. The summed E-state index contributed by atoms with van der Waals surface area (Å²) >= 11 is 6.17. The summed E-state index contributed by atoms with van der Waals surface area (Å²) in [7, 11) is -3.70. The minimum atomic E-state index is -3.70. The molecule has 1 atom stereocenters. The summed E-state index contributed by atoms with van der Waals surface area (Å²) in [6.45, 7) is 4.84. The summed E-state index contributed by atoms with van der Waals surface area (Å²) in [5.41, 5.74) is 1.30. The molecule has 0 bridgehead atoms. The molecule has 0 radical (unpaired) electrons. The van der Waals surface area contributed by atoms with Gasteiger partial charge in [-0.05, 0) is 44.2 Å². The summed E-state index contributed by atoms with van der Waals surface area (Å²) in [6, 6.07) is 11.6. The molecule has 29 heavy (non-hydrogen) atoms. The molecule has 1 amide bonds. The van der Waals surface area contributed by atoms with Crippen molar-refractivity contribution in [3.8, 4) is 5.75 Å². The predicted octanol–water partition coefficient (Wildman–Crippen LogP) is 3.08. The van der Waals surface area contributed by atoms with E-state index in [9.17, 15) is 13.2 Å². The van der Waals surface area contributed by atoms with E-state index in [1.165, 1.54) is 22.5 Å². The van der Waals surface area contributed by atoms with E-state index in [2.05, 4.69) is 5.32 Å². The number of aryl methyl sites for hydroxylation is 1. The van der Waals surface area contributed by atoms with Crippen LogP contribution < -0.4 is 10.1 Å². The molecule has 9 heteroatoms. The number of sulfonamides is 1. The number of carbonyl (C=O) groups excluding carboxylic acids is 1. The zero-order valence-corrected chi connectivity index (χ0v) is 17.8. The fraction of sp³-hybridized carbons (Fsp3) is 0.350. The number of nitrogens with one attached hydrogen (secondary N) is 1. The number of benzene rings is 2. The van der Waals surface area contributed by atoms with Crippen LogP contribution in [-0.2, 0) is 19.6 Å². The molecule has 2 aromatic rings. The van der Waals surface area contributed by atoms with Crippen molar-refractivity contribution in [2.75, 3.05) is 31.6 Å². The summed E-state index contributed by atoms with van der Waals surface area (Å²) in [5.74, 6) is 0.126. The van der Waals surface area contributed by atoms with E-state index < -0.39 is 22.0 Å². The van der Waals surface area contributed by atoms with E-state index in [4.69, 9.17) is 21.1 Å². The van der Waals surface area contributed by atoms with Crippen LogP contribution in [0.3, 0.4) is 0 Å². The van der Waals surface area contributed by atoms with Crippen LogP contribution in [0.25, 0.3) is 0 Å². The first-order valence-electron chi connectivity index (χ1n) is 9.19. The Morgan fingerprint density at radius 3 is 2.48 bits per heavy atom. The molecule has 1 N–H and O–H groups in total. The number of halogens is 1. The van der Waals surface area contributed by atoms with E-state index in [-0.39, 0.29) is 28.7 Å². The van der Waals surface area contributed by atoms with Gasteiger partial charge in [0, 0.05) is 13.1 Å². The van der Waals surface area contributed by atoms with Gasteiger partial charge in [0.05, 0.1) is 28.8 Å². The number of hydrogen-bond acceptors (Lipinski definition) is 5. The van der Waals surface area contributed by atoms with E-state index in [0.717, 1.165) is 5.56 Å². The van der Waals surface area contributed by atoms with Gasteiger partial charge in [0.1, 0.15) is 5.75 Å². The van der Waals surface area contributed by atoms with Crippen molar-refractivity contribution in [1.29, 1.82) is 0 Å². The topological polar surface area (TPSA) is 84.9 Å². The van der Waals surface area contributed by atoms with E-state index in [0.29, 0.717) is 19.0 Å². The van der Waals surface area contributed by atoms with Crippen LogP contribution in [0.15, 0.2) is 47.4 Å². The number of morpholine rings is 1. The maximum absolute atomic E-state index is 12.8. The maximum atomic E-state index is 12.8. The van der Waals surface area contributed by atoms with Crippen LogP contribution in [0, 0.1) is 6.92 Å². The fourth-order valence-corrected chi connectivity index (χ4v) is 4.41. The molecule has 0 saturated carbocycles. The molecule has 1 heterocycles. The second-order valence-electron chi connectivity index (χ2n) is 6.72. The number of carbonyl (C=O) groups is 1. The third kappa shape index (κ3) is 5.27. The highest BCUT2D eigenvalue weighted by atomic mass is 35.5. The van der Waals surface area contributed by atoms with Crippen LogP contribution in [0.2, 0.25) is 5.02 Å². The molecule has 1 aliphatic rings. The normalized spacial score (nSPS) is 16.2. The molecule has 3 rings (SSSR count). The lowest BCUT2D eigenvalue weighted by Crippen LogP contribution is -2.40. The Hall–Kier alpha value is -2.13. The number of hydrogen-bond donors (Lipinski definition) is 1. The number of rotatable bonds is 6. The molecule has 156 valence electrons. The lowest BCUT2D eigenvalue weighted by atomic mass is 10.2. The second-order valence-corrected chi connectivity index (χ2v) is 9.07. The Kier molecular flexibility index (Phi) is 6.79. The predicted molar refractivity (Wildman–Crippen MR) is 111 cm³/mol. The standard InChI is InChI=1S/C20H23ClN2O5S/c1-14-3-5-16(6-4-14)28-15(2)20(24)22-19-13-17(7-8-18(19)21)29(25,26)23-9-11-27-12-10-23/h3-8,13,15H,9-12H2,1-2H3,(H,22,24). The molecule has 0 spiro atoms. The van der Waals surface area contributed by atoms with E-state index in [1.807, 2.05) is 19.1 Å². The van der Waals surface area contributed by atoms with Gasteiger partial charge in [0.25, 0.3) is 5.91 Å². The number of anilines is 1.